The Hall–Kier alpha value is 1.51. The van der Waals surface area contributed by atoms with Gasteiger partial charge in [0.05, 0.1) is 0 Å². The van der Waals surface area contributed by atoms with E-state index in [9.17, 15) is 0 Å². The third-order valence-corrected chi connectivity index (χ3v) is 5.13. The molecule has 0 unspecified atom stereocenters. The first kappa shape index (κ1) is 39.7. The summed E-state index contributed by atoms with van der Waals surface area (Å²) in [5.74, 6) is 2.30. The second-order valence-electron chi connectivity index (χ2n) is 7.20. The van der Waals surface area contributed by atoms with E-state index in [1.807, 2.05) is 0 Å². The summed E-state index contributed by atoms with van der Waals surface area (Å²) >= 11 is 15.5. The molecule has 0 fully saturated rings. The van der Waals surface area contributed by atoms with E-state index >= 15 is 0 Å². The molecule has 0 aliphatic carbocycles. The molecule has 0 bridgehead atoms. The van der Waals surface area contributed by atoms with Crippen molar-refractivity contribution in [2.45, 2.75) is 115 Å². The van der Waals surface area contributed by atoms with Crippen LogP contribution in [-0.2, 0) is 37.9 Å². The van der Waals surface area contributed by atoms with Crippen LogP contribution in [0, 0.1) is 0 Å². The summed E-state index contributed by atoms with van der Waals surface area (Å²) in [6.07, 6.45) is 25.5. The van der Waals surface area contributed by atoms with Crippen molar-refractivity contribution in [3.63, 3.8) is 0 Å². The van der Waals surface area contributed by atoms with Crippen LogP contribution in [0.25, 0.3) is 0 Å². The number of hydrogen-bond acceptors (Lipinski definition) is 5. The van der Waals surface area contributed by atoms with E-state index in [1.54, 1.807) is 22.5 Å². The van der Waals surface area contributed by atoms with Crippen LogP contribution in [0.2, 0.25) is 4.94 Å². The predicted octanol–water partition coefficient (Wildman–Crippen LogP) is 6.61. The Kier molecular flexibility index (Phi) is 62.5. The molecule has 0 heterocycles. The second kappa shape index (κ2) is 48.8. The molecular weight excluding hydrogens is 547 g/mol. The molecule has 0 saturated carbocycles. The van der Waals surface area contributed by atoms with Crippen LogP contribution in [-0.4, -0.2) is 63.2 Å². The van der Waals surface area contributed by atoms with Crippen LogP contribution in [0.15, 0.2) is 12.2 Å². The van der Waals surface area contributed by atoms with Gasteiger partial charge in [-0.25, -0.2) is 0 Å². The first-order valence-corrected chi connectivity index (χ1v) is 16.9. The molecule has 31 heavy (non-hydrogen) atoms. The van der Waals surface area contributed by atoms with Gasteiger partial charge in [0.25, 0.3) is 0 Å². The van der Waals surface area contributed by atoms with E-state index in [1.165, 1.54) is 89.9 Å². The molecule has 0 aromatic rings. The third-order valence-electron chi connectivity index (χ3n) is 4.26. The van der Waals surface area contributed by atoms with Crippen molar-refractivity contribution in [3.05, 3.63) is 12.2 Å². The Labute approximate surface area is 226 Å². The molecule has 0 saturated heterocycles. The molecule has 0 radical (unpaired) electrons. The molecule has 0 rings (SSSR count). The Balaban J connectivity index is -0.000000249. The topological polar surface area (TPSA) is 40.5 Å². The first-order valence-electron chi connectivity index (χ1n) is 12.4. The summed E-state index contributed by atoms with van der Waals surface area (Å²) in [5, 5.41) is 16.0. The van der Waals surface area contributed by atoms with Gasteiger partial charge in [0.1, 0.15) is 0 Å². The standard InChI is InChI=1S/C18H36S.2C3H8OS.CH3.Sn/c1-2-3-4-5-6-7-8-9-10-11-12-13-14-15-16-17-18-19;2*4-2-1-3-5;;/h9-10,19H,2-8,11-18H2,1H3;2*4-5H,1-3H2;1H3;/q;;;;+3/p-3/b10-9-;;;;. The summed E-state index contributed by atoms with van der Waals surface area (Å²) in [7, 11) is 0. The summed E-state index contributed by atoms with van der Waals surface area (Å²) in [6.45, 7) is 2.76. The van der Waals surface area contributed by atoms with Gasteiger partial charge in [0.15, 0.2) is 0 Å². The summed E-state index contributed by atoms with van der Waals surface area (Å²) in [4.78, 5) is 2.09. The molecular formula is C25H52O2S3Sn. The Morgan fingerprint density at radius 2 is 0.839 bits per heavy atom. The minimum atomic E-state index is 0.240. The van der Waals surface area contributed by atoms with Crippen molar-refractivity contribution in [2.75, 3.05) is 30.5 Å². The van der Waals surface area contributed by atoms with Crippen LogP contribution in [0.1, 0.15) is 110 Å². The van der Waals surface area contributed by atoms with E-state index in [4.69, 9.17) is 22.8 Å². The van der Waals surface area contributed by atoms with Gasteiger partial charge < -0.3 is 48.1 Å². The van der Waals surface area contributed by atoms with E-state index < -0.39 is 0 Å². The molecule has 0 amide bonds. The van der Waals surface area contributed by atoms with Crippen molar-refractivity contribution >= 4 is 60.4 Å². The van der Waals surface area contributed by atoms with Gasteiger partial charge in [-0.2, -0.15) is 17.3 Å². The zero-order valence-corrected chi connectivity index (χ0v) is 25.9. The van der Waals surface area contributed by atoms with Crippen molar-refractivity contribution in [2.24, 2.45) is 0 Å². The Bertz CT molecular complexity index is 261. The van der Waals surface area contributed by atoms with Crippen LogP contribution in [0.3, 0.4) is 0 Å². The molecule has 0 spiro atoms. The monoisotopic (exact) mass is 600 g/mol. The Morgan fingerprint density at radius 1 is 0.516 bits per heavy atom. The van der Waals surface area contributed by atoms with Gasteiger partial charge in [-0.3, -0.25) is 0 Å². The predicted molar refractivity (Wildman–Crippen MR) is 151 cm³/mol. The molecule has 186 valence electrons. The molecule has 0 aliphatic rings. The number of unbranched alkanes of at least 4 members (excludes halogenated alkanes) is 12. The fourth-order valence-electron chi connectivity index (χ4n) is 2.48. The van der Waals surface area contributed by atoms with E-state index in [0.29, 0.717) is 11.5 Å². The van der Waals surface area contributed by atoms with Gasteiger partial charge in [-0.15, -0.1) is 0 Å². The fraction of sp³-hybridized carbons (Fsp3) is 0.920. The minimum absolute atomic E-state index is 0.240. The first-order chi connectivity index (χ1) is 15.2. The van der Waals surface area contributed by atoms with E-state index in [-0.39, 0.29) is 13.2 Å². The molecule has 2 N–H and O–H groups in total. The van der Waals surface area contributed by atoms with Gasteiger partial charge >= 0.3 is 27.5 Å². The van der Waals surface area contributed by atoms with Gasteiger partial charge in [0, 0.05) is 13.2 Å². The summed E-state index contributed by atoms with van der Waals surface area (Å²) in [6, 6.07) is 0. The molecule has 2 nitrogen and oxygen atoms in total. The number of hydrogen-bond donors (Lipinski definition) is 2. The maximum atomic E-state index is 8.00. The summed E-state index contributed by atoms with van der Waals surface area (Å²) in [5.41, 5.74) is 0. The van der Waals surface area contributed by atoms with Crippen molar-refractivity contribution in [3.8, 4) is 0 Å². The molecule has 0 aromatic heterocycles. The van der Waals surface area contributed by atoms with Gasteiger partial charge in [0.2, 0.25) is 0 Å². The SMILES string of the molecule is CCCCCCCC/C=C\CCCCCCCC[S-].OCCC[S-].OCCC[S-].[CH3][Sn+3]. The number of rotatable bonds is 19. The van der Waals surface area contributed by atoms with E-state index in [0.717, 1.165) is 18.6 Å². The average molecular weight is 600 g/mol. The maximum absolute atomic E-state index is 8.00. The summed E-state index contributed by atoms with van der Waals surface area (Å²) < 4.78 is 0. The fourth-order valence-corrected chi connectivity index (χ4v) is 2.94. The van der Waals surface area contributed by atoms with Crippen molar-refractivity contribution < 1.29 is 10.2 Å². The van der Waals surface area contributed by atoms with Crippen molar-refractivity contribution in [1.29, 1.82) is 0 Å². The zero-order chi connectivity index (χ0) is 24.3. The molecule has 0 atom stereocenters. The normalized spacial score (nSPS) is 9.97. The van der Waals surface area contributed by atoms with Crippen LogP contribution in [0.4, 0.5) is 0 Å². The van der Waals surface area contributed by atoms with E-state index in [2.05, 4.69) is 49.3 Å². The number of aliphatic hydroxyl groups excluding tert-OH is 2. The van der Waals surface area contributed by atoms with Crippen LogP contribution in [0.5, 0.6) is 0 Å². The van der Waals surface area contributed by atoms with Gasteiger partial charge in [-0.05, 0) is 25.7 Å². The molecule has 6 heteroatoms. The van der Waals surface area contributed by atoms with Crippen LogP contribution < -0.4 is 0 Å². The Morgan fingerprint density at radius 3 is 1.13 bits per heavy atom. The van der Waals surface area contributed by atoms with Crippen LogP contribution >= 0.6 is 0 Å². The average Bonchev–Trinajstić information content (AvgIpc) is 2.80. The quantitative estimate of drug-likeness (QED) is 0.0758. The van der Waals surface area contributed by atoms with Crippen molar-refractivity contribution in [1.82, 2.24) is 0 Å². The molecule has 0 aromatic carbocycles. The molecule has 0 aliphatic heterocycles. The van der Waals surface area contributed by atoms with Gasteiger partial charge in [-0.1, -0.05) is 96.1 Å². The second-order valence-corrected chi connectivity index (χ2v) is 8.43. The number of aliphatic hydroxyl groups is 2. The zero-order valence-electron chi connectivity index (χ0n) is 20.6. The third kappa shape index (κ3) is 59.3. The number of allylic oxidation sites excluding steroid dienone is 2.